The summed E-state index contributed by atoms with van der Waals surface area (Å²) < 4.78 is 11.1. The molecule has 3 saturated heterocycles. The number of hydrogen-bond donors (Lipinski definition) is 3. The SMILES string of the molecule is COC(=O)c1ccc(CC(=O)N2CCN(CC3CCC3)CC2)c(C)c1.COC(=O)c1ccc(CC(=O)O)c(C)c1.Cc1cc(C(=O)N2Cc3cnn(C)c3Nc3ccccc32)ccc1CC(=O)N1CCN(CC2CCC2)CC1.Cc1cc(C(=O)O)ccc1CC(=O)N1CCN(CC2CCC2)CC1. The van der Waals surface area contributed by atoms with E-state index in [1.54, 1.807) is 65.0 Å². The molecule has 3 saturated carbocycles. The van der Waals surface area contributed by atoms with Crippen LogP contribution in [0, 0.1) is 45.4 Å². The molecular formula is C80H102N10O12. The molecule has 6 fully saturated rings. The van der Waals surface area contributed by atoms with Crippen molar-refractivity contribution in [3.63, 3.8) is 0 Å². The normalized spacial score (nSPS) is 17.1. The minimum absolute atomic E-state index is 0.0344. The molecule has 22 nitrogen and oxygen atoms in total. The van der Waals surface area contributed by atoms with E-state index in [9.17, 15) is 38.4 Å². The van der Waals surface area contributed by atoms with Crippen LogP contribution in [0.3, 0.4) is 0 Å². The second-order valence-corrected chi connectivity index (χ2v) is 28.6. The average molecular weight is 1400 g/mol. The summed E-state index contributed by atoms with van der Waals surface area (Å²) in [6, 6.07) is 28.8. The number of para-hydroxylation sites is 2. The fourth-order valence-electron chi connectivity index (χ4n) is 14.3. The second-order valence-electron chi connectivity index (χ2n) is 28.6. The number of ether oxygens (including phenoxy) is 2. The van der Waals surface area contributed by atoms with Crippen molar-refractivity contribution in [3.8, 4) is 0 Å². The van der Waals surface area contributed by atoms with Gasteiger partial charge in [-0.15, -0.1) is 0 Å². The molecule has 1 aromatic heterocycles. The monoisotopic (exact) mass is 1390 g/mol. The Bertz CT molecular complexity index is 3960. The number of rotatable bonds is 18. The molecular weight excluding hydrogens is 1290 g/mol. The molecule has 13 rings (SSSR count). The zero-order chi connectivity index (χ0) is 72.6. The number of aliphatic carboxylic acids is 1. The first-order chi connectivity index (χ1) is 49.1. The first-order valence-electron chi connectivity index (χ1n) is 36.3. The summed E-state index contributed by atoms with van der Waals surface area (Å²) in [5.41, 5.74) is 11.7. The Hall–Kier alpha value is -9.25. The molecule has 4 amide bonds. The van der Waals surface area contributed by atoms with E-state index in [1.165, 1.54) is 91.6 Å². The molecule has 0 bridgehead atoms. The minimum atomic E-state index is -0.932. The average Bonchev–Trinajstić information content (AvgIpc) is 1.61. The van der Waals surface area contributed by atoms with Gasteiger partial charge in [0.25, 0.3) is 5.91 Å². The summed E-state index contributed by atoms with van der Waals surface area (Å²) in [5.74, 6) is 1.37. The van der Waals surface area contributed by atoms with E-state index in [0.29, 0.717) is 48.1 Å². The highest BCUT2D eigenvalue weighted by Gasteiger charge is 2.31. The fraction of sp³-hybridized carbons (Fsp3) is 0.487. The quantitative estimate of drug-likeness (QED) is 0.0677. The Morgan fingerprint density at radius 2 is 0.833 bits per heavy atom. The number of fused-ring (bicyclic) bond motifs is 2. The maximum Gasteiger partial charge on any atom is 0.337 e. The second kappa shape index (κ2) is 35.6. The van der Waals surface area contributed by atoms with Crippen molar-refractivity contribution in [1.29, 1.82) is 0 Å². The van der Waals surface area contributed by atoms with Crippen LogP contribution in [-0.4, -0.2) is 209 Å². The Balaban J connectivity index is 0.000000154. The van der Waals surface area contributed by atoms with Crippen molar-refractivity contribution in [3.05, 3.63) is 176 Å². The van der Waals surface area contributed by atoms with Crippen LogP contribution in [0.15, 0.2) is 103 Å². The van der Waals surface area contributed by atoms with Gasteiger partial charge in [-0.2, -0.15) is 5.10 Å². The molecule has 3 N–H and O–H groups in total. The van der Waals surface area contributed by atoms with Gasteiger partial charge in [0.15, 0.2) is 0 Å². The highest BCUT2D eigenvalue weighted by atomic mass is 16.5. The van der Waals surface area contributed by atoms with E-state index in [2.05, 4.69) is 29.9 Å². The molecule has 4 aliphatic heterocycles. The van der Waals surface area contributed by atoms with E-state index < -0.39 is 17.9 Å². The van der Waals surface area contributed by atoms with E-state index in [0.717, 1.165) is 158 Å². The number of aryl methyl sites for hydroxylation is 5. The topological polar surface area (TPSA) is 248 Å². The molecule has 6 aromatic rings. The number of carbonyl (C=O) groups is 8. The van der Waals surface area contributed by atoms with Crippen LogP contribution in [0.5, 0.6) is 0 Å². The first kappa shape index (κ1) is 75.4. The smallest absolute Gasteiger partial charge is 0.337 e. The number of carbonyl (C=O) groups excluding carboxylic acids is 6. The molecule has 544 valence electrons. The van der Waals surface area contributed by atoms with E-state index in [1.807, 2.05) is 97.2 Å². The van der Waals surface area contributed by atoms with E-state index >= 15 is 0 Å². The molecule has 0 spiro atoms. The van der Waals surface area contributed by atoms with Gasteiger partial charge in [-0.3, -0.25) is 43.4 Å². The number of benzene rings is 5. The number of amides is 4. The van der Waals surface area contributed by atoms with Crippen LogP contribution in [0.1, 0.15) is 149 Å². The number of esters is 2. The van der Waals surface area contributed by atoms with Crippen molar-refractivity contribution in [2.45, 2.75) is 118 Å². The zero-order valence-corrected chi connectivity index (χ0v) is 60.6. The number of nitrogens with zero attached hydrogens (tertiary/aromatic N) is 9. The molecule has 0 radical (unpaired) electrons. The van der Waals surface area contributed by atoms with Crippen LogP contribution in [0.25, 0.3) is 0 Å². The highest BCUT2D eigenvalue weighted by Crippen LogP contribution is 2.37. The van der Waals surface area contributed by atoms with Crippen LogP contribution in [-0.2, 0) is 67.9 Å². The maximum absolute atomic E-state index is 13.8. The summed E-state index contributed by atoms with van der Waals surface area (Å²) in [6.45, 7) is 22.3. The number of nitrogens with one attached hydrogen (secondary N) is 1. The molecule has 0 unspecified atom stereocenters. The minimum Gasteiger partial charge on any atom is -0.481 e. The zero-order valence-electron chi connectivity index (χ0n) is 60.6. The Morgan fingerprint density at radius 3 is 1.20 bits per heavy atom. The van der Waals surface area contributed by atoms with Crippen molar-refractivity contribution >= 4 is 64.7 Å². The summed E-state index contributed by atoms with van der Waals surface area (Å²) >= 11 is 0. The van der Waals surface area contributed by atoms with E-state index in [4.69, 9.17) is 14.9 Å². The Kier molecular flexibility index (Phi) is 26.3. The lowest BCUT2D eigenvalue weighted by Gasteiger charge is -2.38. The Labute approximate surface area is 599 Å². The fourth-order valence-corrected chi connectivity index (χ4v) is 14.3. The molecule has 22 heteroatoms. The molecule has 7 aliphatic rings. The van der Waals surface area contributed by atoms with Gasteiger partial charge < -0.3 is 44.6 Å². The third-order valence-corrected chi connectivity index (χ3v) is 21.5. The lowest BCUT2D eigenvalue weighted by Crippen LogP contribution is -2.50. The number of aromatic carboxylic acids is 1. The van der Waals surface area contributed by atoms with Crippen LogP contribution in [0.2, 0.25) is 0 Å². The van der Waals surface area contributed by atoms with Gasteiger partial charge in [-0.05, 0) is 189 Å². The van der Waals surface area contributed by atoms with Crippen LogP contribution >= 0.6 is 0 Å². The number of anilines is 3. The first-order valence-corrected chi connectivity index (χ1v) is 36.3. The molecule has 5 heterocycles. The third kappa shape index (κ3) is 20.1. The predicted octanol–water partition coefficient (Wildman–Crippen LogP) is 9.98. The summed E-state index contributed by atoms with van der Waals surface area (Å²) in [5, 5.41) is 25.5. The van der Waals surface area contributed by atoms with Crippen molar-refractivity contribution < 1.29 is 58.0 Å². The van der Waals surface area contributed by atoms with Gasteiger partial charge in [-0.25, -0.2) is 14.4 Å². The summed E-state index contributed by atoms with van der Waals surface area (Å²) in [6.07, 6.45) is 15.2. The molecule has 3 aliphatic carbocycles. The number of carboxylic acids is 2. The van der Waals surface area contributed by atoms with Gasteiger partial charge in [0.05, 0.1) is 80.7 Å². The van der Waals surface area contributed by atoms with E-state index in [-0.39, 0.29) is 41.6 Å². The number of methoxy groups -OCH3 is 2. The van der Waals surface area contributed by atoms with Gasteiger partial charge in [-0.1, -0.05) is 55.7 Å². The predicted molar refractivity (Wildman–Crippen MR) is 391 cm³/mol. The van der Waals surface area contributed by atoms with Gasteiger partial charge in [0, 0.05) is 116 Å². The molecule has 5 aromatic carbocycles. The lowest BCUT2D eigenvalue weighted by atomic mass is 9.85. The summed E-state index contributed by atoms with van der Waals surface area (Å²) in [7, 11) is 4.58. The third-order valence-electron chi connectivity index (χ3n) is 21.5. The van der Waals surface area contributed by atoms with Crippen LogP contribution in [0.4, 0.5) is 17.2 Å². The molecule has 0 atom stereocenters. The number of carboxylic acid groups (broad SMARTS) is 2. The lowest BCUT2D eigenvalue weighted by molar-refractivity contribution is -0.136. The van der Waals surface area contributed by atoms with Gasteiger partial charge in [0.1, 0.15) is 5.82 Å². The highest BCUT2D eigenvalue weighted by molar-refractivity contribution is 6.08. The number of aromatic nitrogens is 2. The standard InChI is InChI=1S/C30H36N6O2.C20H28N2O3.C19H26N2O3.C11H12O4/c1-21-16-24(11-10-23(21)17-28(37)35-14-12-34(13-15-35)19-22-6-5-7-22)30(38)36-20-25-18-31-33(2)29(25)32-26-8-3-4-9-27(26)36;1-15-12-18(20(24)25-2)7-6-17(15)13-19(23)22-10-8-21(9-11-22)14-16-4-3-5-16;1-14-11-17(19(23)24)6-5-16(14)12-18(22)21-9-7-20(8-10-21)13-15-3-2-4-15;1-7-5-9(11(14)15-2)4-3-8(7)6-10(12)13/h3-4,8-11,16,18,22,32H,5-7,12-15,17,19-20H2,1-2H3;6-7,12,16H,3-5,8-11,13-14H2,1-2H3;5-6,11,15H,2-4,7-10,12-13H2,1H3,(H,23,24);3-5H,6H2,1-2H3,(H,12,13). The number of piperazine rings is 3. The molecule has 102 heavy (non-hydrogen) atoms. The number of hydrogen-bond acceptors (Lipinski definition) is 15. The van der Waals surface area contributed by atoms with Crippen molar-refractivity contribution in [2.24, 2.45) is 24.8 Å². The Morgan fingerprint density at radius 1 is 0.471 bits per heavy atom. The maximum atomic E-state index is 13.8. The van der Waals surface area contributed by atoms with Crippen molar-refractivity contribution in [2.75, 3.05) is 123 Å². The van der Waals surface area contributed by atoms with Crippen molar-refractivity contribution in [1.82, 2.24) is 39.2 Å². The summed E-state index contributed by atoms with van der Waals surface area (Å²) in [4.78, 5) is 111. The van der Waals surface area contributed by atoms with Gasteiger partial charge >= 0.3 is 23.9 Å². The largest absolute Gasteiger partial charge is 0.481 e. The van der Waals surface area contributed by atoms with Gasteiger partial charge in [0.2, 0.25) is 17.7 Å². The van der Waals surface area contributed by atoms with Crippen LogP contribution < -0.4 is 10.2 Å².